The van der Waals surface area contributed by atoms with Crippen molar-refractivity contribution in [1.29, 1.82) is 0 Å². The van der Waals surface area contributed by atoms with Crippen molar-refractivity contribution in [1.82, 2.24) is 14.5 Å². The number of carbonyl (C=O) groups is 1. The maximum absolute atomic E-state index is 14.9. The van der Waals surface area contributed by atoms with Crippen molar-refractivity contribution in [2.75, 3.05) is 19.7 Å². The van der Waals surface area contributed by atoms with Crippen LogP contribution in [0, 0.1) is 24.0 Å². The molecule has 2 aliphatic heterocycles. The van der Waals surface area contributed by atoms with E-state index >= 15 is 0 Å². The van der Waals surface area contributed by atoms with E-state index in [1.807, 2.05) is 4.57 Å². The first kappa shape index (κ1) is 27.8. The molecular weight excluding hydrogens is 549 g/mol. The lowest BCUT2D eigenvalue weighted by Crippen LogP contribution is -2.32. The summed E-state index contributed by atoms with van der Waals surface area (Å²) in [7, 11) is 0. The predicted molar refractivity (Wildman–Crippen MR) is 147 cm³/mol. The minimum atomic E-state index is -1.21. The first-order valence-electron chi connectivity index (χ1n) is 13.6. The Balaban J connectivity index is 1.18. The largest absolute Gasteiger partial charge is 0.486 e. The molecule has 2 atom stereocenters. The summed E-state index contributed by atoms with van der Waals surface area (Å²) >= 11 is 0. The molecule has 8 nitrogen and oxygen atoms in total. The Morgan fingerprint density at radius 1 is 1.10 bits per heavy atom. The van der Waals surface area contributed by atoms with E-state index in [0.717, 1.165) is 37.1 Å². The highest BCUT2D eigenvalue weighted by atomic mass is 19.1. The molecule has 0 radical (unpaired) electrons. The van der Waals surface area contributed by atoms with Crippen molar-refractivity contribution >= 4 is 22.7 Å². The molecule has 0 bridgehead atoms. The van der Waals surface area contributed by atoms with Gasteiger partial charge in [-0.3, -0.25) is 4.90 Å². The van der Waals surface area contributed by atoms with E-state index in [2.05, 4.69) is 14.7 Å². The highest BCUT2D eigenvalue weighted by molar-refractivity contribution is 5.92. The Morgan fingerprint density at radius 2 is 1.93 bits per heavy atom. The molecule has 3 aromatic carbocycles. The number of fused-ring (bicyclic) bond motifs is 1. The molecule has 2 saturated heterocycles. The SMILES string of the molecule is [C-]#[N+]c1ccc(OCc2cc([C@H]3CCN(Cc4nc5c(F)cc(C(=O)O)cc5n4C[C@@H]4CCO4)C3)ccc2F)c(F)c1. The number of carboxylic acid groups (broad SMARTS) is 1. The van der Waals surface area contributed by atoms with Crippen LogP contribution in [0.1, 0.15) is 46.1 Å². The van der Waals surface area contributed by atoms with Gasteiger partial charge >= 0.3 is 5.97 Å². The highest BCUT2D eigenvalue weighted by Gasteiger charge is 2.28. The molecule has 0 spiro atoms. The summed E-state index contributed by atoms with van der Waals surface area (Å²) in [5.74, 6) is -2.35. The highest BCUT2D eigenvalue weighted by Crippen LogP contribution is 2.32. The third kappa shape index (κ3) is 5.55. The van der Waals surface area contributed by atoms with Gasteiger partial charge in [0.2, 0.25) is 0 Å². The van der Waals surface area contributed by atoms with Crippen molar-refractivity contribution < 1.29 is 32.5 Å². The maximum atomic E-state index is 14.9. The number of aromatic nitrogens is 2. The van der Waals surface area contributed by atoms with Gasteiger partial charge in [0.15, 0.2) is 23.1 Å². The van der Waals surface area contributed by atoms with Crippen LogP contribution in [0.25, 0.3) is 15.9 Å². The van der Waals surface area contributed by atoms with Crippen molar-refractivity contribution in [2.45, 2.75) is 44.6 Å². The lowest BCUT2D eigenvalue weighted by molar-refractivity contribution is -0.0591. The summed E-state index contributed by atoms with van der Waals surface area (Å²) in [5, 5.41) is 9.45. The average Bonchev–Trinajstić information content (AvgIpc) is 3.55. The van der Waals surface area contributed by atoms with Crippen LogP contribution in [-0.4, -0.2) is 51.3 Å². The zero-order valence-corrected chi connectivity index (χ0v) is 22.5. The molecule has 2 fully saturated rings. The van der Waals surface area contributed by atoms with Crippen LogP contribution >= 0.6 is 0 Å². The summed E-state index contributed by atoms with van der Waals surface area (Å²) < 4.78 is 56.7. The van der Waals surface area contributed by atoms with Gasteiger partial charge in [-0.2, -0.15) is 0 Å². The summed E-state index contributed by atoms with van der Waals surface area (Å²) in [5.41, 5.74) is 1.80. The molecule has 1 aromatic heterocycles. The number of imidazole rings is 1. The quantitative estimate of drug-likeness (QED) is 0.244. The topological polar surface area (TPSA) is 81.2 Å². The molecule has 0 saturated carbocycles. The molecule has 0 unspecified atom stereocenters. The monoisotopic (exact) mass is 576 g/mol. The first-order chi connectivity index (χ1) is 20.3. The lowest BCUT2D eigenvalue weighted by Gasteiger charge is -2.28. The molecule has 1 N–H and O–H groups in total. The van der Waals surface area contributed by atoms with Crippen molar-refractivity contribution in [2.24, 2.45) is 0 Å². The molecule has 6 rings (SSSR count). The number of ether oxygens (including phenoxy) is 2. The van der Waals surface area contributed by atoms with Gasteiger partial charge in [-0.05, 0) is 67.3 Å². The zero-order chi connectivity index (χ0) is 29.4. The number of hydrogen-bond acceptors (Lipinski definition) is 5. The molecule has 4 aromatic rings. The van der Waals surface area contributed by atoms with Crippen LogP contribution in [0.5, 0.6) is 5.75 Å². The smallest absolute Gasteiger partial charge is 0.335 e. The van der Waals surface area contributed by atoms with Gasteiger partial charge in [-0.25, -0.2) is 27.8 Å². The van der Waals surface area contributed by atoms with E-state index in [-0.39, 0.29) is 41.1 Å². The number of likely N-dealkylation sites (tertiary alicyclic amines) is 1. The van der Waals surface area contributed by atoms with E-state index in [9.17, 15) is 23.1 Å². The number of carboxylic acids is 1. The van der Waals surface area contributed by atoms with Crippen molar-refractivity contribution in [3.8, 4) is 5.75 Å². The van der Waals surface area contributed by atoms with Gasteiger partial charge in [0, 0.05) is 18.7 Å². The Labute approximate surface area is 239 Å². The summed E-state index contributed by atoms with van der Waals surface area (Å²) in [6.07, 6.45) is 1.63. The third-order valence-corrected chi connectivity index (χ3v) is 7.92. The van der Waals surface area contributed by atoms with Crippen LogP contribution in [-0.2, 0) is 24.4 Å². The minimum absolute atomic E-state index is 0.0389. The first-order valence-corrected chi connectivity index (χ1v) is 13.6. The van der Waals surface area contributed by atoms with Crippen LogP contribution in [0.2, 0.25) is 0 Å². The fourth-order valence-corrected chi connectivity index (χ4v) is 5.55. The van der Waals surface area contributed by atoms with Gasteiger partial charge in [0.05, 0.1) is 36.8 Å². The second-order valence-corrected chi connectivity index (χ2v) is 10.6. The maximum Gasteiger partial charge on any atom is 0.335 e. The van der Waals surface area contributed by atoms with E-state index < -0.39 is 23.4 Å². The van der Waals surface area contributed by atoms with Crippen LogP contribution < -0.4 is 4.74 Å². The van der Waals surface area contributed by atoms with E-state index in [4.69, 9.17) is 16.0 Å². The Bertz CT molecular complexity index is 1710. The number of halogens is 3. The number of aromatic carboxylic acids is 1. The van der Waals surface area contributed by atoms with Crippen LogP contribution in [0.15, 0.2) is 48.5 Å². The fraction of sp³-hybridized carbons (Fsp3) is 0.323. The van der Waals surface area contributed by atoms with Crippen molar-refractivity contribution in [3.63, 3.8) is 0 Å². The molecule has 0 amide bonds. The molecule has 216 valence electrons. The molecule has 0 aliphatic carbocycles. The molecule has 11 heteroatoms. The van der Waals surface area contributed by atoms with Gasteiger partial charge in [-0.15, -0.1) is 0 Å². The second-order valence-electron chi connectivity index (χ2n) is 10.6. The average molecular weight is 577 g/mol. The van der Waals surface area contributed by atoms with E-state index in [1.54, 1.807) is 12.1 Å². The predicted octanol–water partition coefficient (Wildman–Crippen LogP) is 6.06. The van der Waals surface area contributed by atoms with E-state index in [1.165, 1.54) is 24.3 Å². The standard InChI is InChI=1S/C31H27F3N4O4/c1-35-22-3-5-28(25(33)13-22)42-17-21-10-18(2-4-24(21)32)19-6-8-37(14-19)16-29-36-30-26(34)11-20(31(39)40)12-27(30)38(29)15-23-7-9-41-23/h2-5,10-13,19,23H,6-9,14-17H2,(H,39,40)/t19-,23-/m0/s1. The second kappa shape index (κ2) is 11.5. The Kier molecular flexibility index (Phi) is 7.58. The zero-order valence-electron chi connectivity index (χ0n) is 22.5. The fourth-order valence-electron chi connectivity index (χ4n) is 5.55. The summed E-state index contributed by atoms with van der Waals surface area (Å²) in [6, 6.07) is 11.2. The van der Waals surface area contributed by atoms with Crippen LogP contribution in [0.3, 0.4) is 0 Å². The molecular formula is C31H27F3N4O4. The molecule has 3 heterocycles. The molecule has 2 aliphatic rings. The third-order valence-electron chi connectivity index (χ3n) is 7.92. The van der Waals surface area contributed by atoms with Gasteiger partial charge < -0.3 is 19.1 Å². The Morgan fingerprint density at radius 3 is 2.64 bits per heavy atom. The van der Waals surface area contributed by atoms with Crippen LogP contribution in [0.4, 0.5) is 18.9 Å². The van der Waals surface area contributed by atoms with Gasteiger partial charge in [-0.1, -0.05) is 12.1 Å². The summed E-state index contributed by atoms with van der Waals surface area (Å²) in [4.78, 5) is 21.5. The normalized spacial score (nSPS) is 18.6. The summed E-state index contributed by atoms with van der Waals surface area (Å²) in [6.45, 7) is 9.74. The minimum Gasteiger partial charge on any atom is -0.486 e. The molecule has 42 heavy (non-hydrogen) atoms. The number of benzene rings is 3. The number of rotatable bonds is 9. The van der Waals surface area contributed by atoms with E-state index in [0.29, 0.717) is 43.1 Å². The number of hydrogen-bond donors (Lipinski definition) is 1. The lowest BCUT2D eigenvalue weighted by atomic mass is 9.96. The van der Waals surface area contributed by atoms with Gasteiger partial charge in [0.1, 0.15) is 23.8 Å². The number of nitrogens with zero attached hydrogens (tertiary/aromatic N) is 4. The Hall–Kier alpha value is -4.40. The van der Waals surface area contributed by atoms with Gasteiger partial charge in [0.25, 0.3) is 0 Å². The van der Waals surface area contributed by atoms with Crippen molar-refractivity contribution in [3.05, 3.63) is 99.9 Å².